The Balaban J connectivity index is 1.69. The standard InChI is InChI=1S/C25H27N7O4/c1-3-4-8-22-26-14-21(31(22)15-17-9-11-19(12-10-17)24(34)35)23(33)32(25-27-29-30-28-25)16-18-6-5-7-20(13-18)36-2/h5-7,9-14H,3-4,8,15-16H2,1-2H3,(H,34,35)(H,27,28,29,30). The minimum absolute atomic E-state index is 0.136. The molecule has 0 atom stereocenters. The molecule has 0 aliphatic rings. The van der Waals surface area contributed by atoms with E-state index in [1.54, 1.807) is 37.6 Å². The number of H-pyrrole nitrogens is 1. The summed E-state index contributed by atoms with van der Waals surface area (Å²) in [6.45, 7) is 2.65. The Hall–Kier alpha value is -4.54. The maximum absolute atomic E-state index is 13.9. The van der Waals surface area contributed by atoms with E-state index in [2.05, 4.69) is 32.5 Å². The zero-order chi connectivity index (χ0) is 25.5. The second-order valence-electron chi connectivity index (χ2n) is 8.21. The second kappa shape index (κ2) is 11.3. The van der Waals surface area contributed by atoms with Crippen LogP contribution in [0.3, 0.4) is 0 Å². The van der Waals surface area contributed by atoms with Crippen LogP contribution in [0.5, 0.6) is 5.75 Å². The van der Waals surface area contributed by atoms with Crippen LogP contribution in [0.1, 0.15) is 57.6 Å². The van der Waals surface area contributed by atoms with Crippen LogP contribution in [0, 0.1) is 0 Å². The molecular weight excluding hydrogens is 462 g/mol. The number of anilines is 1. The fraction of sp³-hybridized carbons (Fsp3) is 0.280. The summed E-state index contributed by atoms with van der Waals surface area (Å²) in [5, 5.41) is 23.3. The lowest BCUT2D eigenvalue weighted by molar-refractivity contribution is 0.0696. The highest BCUT2D eigenvalue weighted by molar-refractivity contribution is 6.03. The van der Waals surface area contributed by atoms with Crippen LogP contribution >= 0.6 is 0 Å². The van der Waals surface area contributed by atoms with E-state index in [-0.39, 0.29) is 24.0 Å². The van der Waals surface area contributed by atoms with Crippen molar-refractivity contribution in [2.24, 2.45) is 0 Å². The second-order valence-corrected chi connectivity index (χ2v) is 8.21. The number of nitrogens with zero attached hydrogens (tertiary/aromatic N) is 6. The normalized spacial score (nSPS) is 10.8. The number of aryl methyl sites for hydroxylation is 1. The number of hydrogen-bond acceptors (Lipinski definition) is 7. The highest BCUT2D eigenvalue weighted by Crippen LogP contribution is 2.21. The third-order valence-corrected chi connectivity index (χ3v) is 5.75. The number of rotatable bonds is 11. The number of tetrazole rings is 1. The number of unbranched alkanes of at least 4 members (excludes halogenated alkanes) is 1. The number of nitrogens with one attached hydrogen (secondary N) is 1. The molecule has 36 heavy (non-hydrogen) atoms. The van der Waals surface area contributed by atoms with E-state index in [1.165, 1.54) is 4.90 Å². The predicted molar refractivity (Wildman–Crippen MR) is 131 cm³/mol. The van der Waals surface area contributed by atoms with Gasteiger partial charge in [-0.2, -0.15) is 5.21 Å². The molecule has 4 rings (SSSR count). The zero-order valence-corrected chi connectivity index (χ0v) is 20.1. The molecule has 0 saturated carbocycles. The van der Waals surface area contributed by atoms with E-state index in [1.807, 2.05) is 28.8 Å². The number of carbonyl (C=O) groups excluding carboxylic acids is 1. The number of carboxylic acids is 1. The van der Waals surface area contributed by atoms with E-state index in [9.17, 15) is 14.7 Å². The van der Waals surface area contributed by atoms with Crippen molar-refractivity contribution in [3.8, 4) is 5.75 Å². The predicted octanol–water partition coefficient (Wildman–Crippen LogP) is 3.34. The molecule has 0 aliphatic heterocycles. The van der Waals surface area contributed by atoms with Crippen molar-refractivity contribution >= 4 is 17.8 Å². The van der Waals surface area contributed by atoms with E-state index >= 15 is 0 Å². The molecule has 0 aliphatic carbocycles. The molecule has 4 aromatic rings. The van der Waals surface area contributed by atoms with Crippen molar-refractivity contribution in [1.29, 1.82) is 0 Å². The first-order chi connectivity index (χ1) is 17.5. The molecule has 2 N–H and O–H groups in total. The molecule has 2 aromatic carbocycles. The van der Waals surface area contributed by atoms with Crippen LogP contribution < -0.4 is 9.64 Å². The van der Waals surface area contributed by atoms with E-state index in [4.69, 9.17) is 4.74 Å². The third-order valence-electron chi connectivity index (χ3n) is 5.75. The van der Waals surface area contributed by atoms with Crippen LogP contribution in [0.25, 0.3) is 0 Å². The van der Waals surface area contributed by atoms with Crippen molar-refractivity contribution in [2.45, 2.75) is 39.3 Å². The molecule has 2 heterocycles. The molecule has 2 aromatic heterocycles. The van der Waals surface area contributed by atoms with Gasteiger partial charge in [0.15, 0.2) is 0 Å². The van der Waals surface area contributed by atoms with Crippen molar-refractivity contribution < 1.29 is 19.4 Å². The van der Waals surface area contributed by atoms with Gasteiger partial charge in [0.25, 0.3) is 11.9 Å². The van der Waals surface area contributed by atoms with Crippen LogP contribution in [-0.4, -0.2) is 54.3 Å². The van der Waals surface area contributed by atoms with Gasteiger partial charge in [-0.3, -0.25) is 9.69 Å². The number of carbonyl (C=O) groups is 2. The maximum Gasteiger partial charge on any atom is 0.335 e. The fourth-order valence-corrected chi connectivity index (χ4v) is 3.83. The van der Waals surface area contributed by atoms with Gasteiger partial charge in [0.05, 0.1) is 25.4 Å². The number of hydrogen-bond donors (Lipinski definition) is 2. The Morgan fingerprint density at radius 1 is 1.14 bits per heavy atom. The van der Waals surface area contributed by atoms with Crippen molar-refractivity contribution in [1.82, 2.24) is 30.2 Å². The van der Waals surface area contributed by atoms with Gasteiger partial charge in [-0.05, 0) is 47.0 Å². The number of benzene rings is 2. The van der Waals surface area contributed by atoms with Crippen LogP contribution in [0.4, 0.5) is 5.95 Å². The molecule has 186 valence electrons. The Bertz CT molecular complexity index is 1320. The van der Waals surface area contributed by atoms with Crippen LogP contribution in [0.2, 0.25) is 0 Å². The molecule has 11 nitrogen and oxygen atoms in total. The summed E-state index contributed by atoms with van der Waals surface area (Å²) >= 11 is 0. The number of imidazole rings is 1. The SMILES string of the molecule is CCCCc1ncc(C(=O)N(Cc2cccc(OC)c2)c2nn[nH]n2)n1Cc1ccc(C(=O)O)cc1. The average Bonchev–Trinajstić information content (AvgIpc) is 3.56. The van der Waals surface area contributed by atoms with Gasteiger partial charge >= 0.3 is 5.97 Å². The third kappa shape index (κ3) is 5.57. The van der Waals surface area contributed by atoms with Crippen LogP contribution in [-0.2, 0) is 19.5 Å². The van der Waals surface area contributed by atoms with Gasteiger partial charge in [0, 0.05) is 13.0 Å². The summed E-state index contributed by atoms with van der Waals surface area (Å²) in [6.07, 6.45) is 4.17. The molecule has 0 radical (unpaired) electrons. The molecule has 0 fully saturated rings. The summed E-state index contributed by atoms with van der Waals surface area (Å²) < 4.78 is 7.19. The topological polar surface area (TPSA) is 139 Å². The Morgan fingerprint density at radius 3 is 2.61 bits per heavy atom. The summed E-state index contributed by atoms with van der Waals surface area (Å²) in [6, 6.07) is 14.0. The number of aromatic nitrogens is 6. The summed E-state index contributed by atoms with van der Waals surface area (Å²) in [7, 11) is 1.58. The Kier molecular flexibility index (Phi) is 7.69. The maximum atomic E-state index is 13.9. The number of amides is 1. The Morgan fingerprint density at radius 2 is 1.94 bits per heavy atom. The minimum Gasteiger partial charge on any atom is -0.497 e. The molecular formula is C25H27N7O4. The highest BCUT2D eigenvalue weighted by Gasteiger charge is 2.26. The number of methoxy groups -OCH3 is 1. The molecule has 0 saturated heterocycles. The summed E-state index contributed by atoms with van der Waals surface area (Å²) in [5.41, 5.74) is 2.25. The quantitative estimate of drug-likeness (QED) is 0.327. The lowest BCUT2D eigenvalue weighted by Gasteiger charge is -2.20. The van der Waals surface area contributed by atoms with E-state index in [0.29, 0.717) is 24.4 Å². The van der Waals surface area contributed by atoms with E-state index < -0.39 is 5.97 Å². The molecule has 0 bridgehead atoms. The summed E-state index contributed by atoms with van der Waals surface area (Å²) in [4.78, 5) is 31.1. The van der Waals surface area contributed by atoms with Gasteiger partial charge < -0.3 is 14.4 Å². The fourth-order valence-electron chi connectivity index (χ4n) is 3.83. The lowest BCUT2D eigenvalue weighted by Crippen LogP contribution is -2.33. The van der Waals surface area contributed by atoms with Crippen molar-refractivity contribution in [3.63, 3.8) is 0 Å². The highest BCUT2D eigenvalue weighted by atomic mass is 16.5. The van der Waals surface area contributed by atoms with Gasteiger partial charge in [0.1, 0.15) is 17.3 Å². The molecule has 0 spiro atoms. The van der Waals surface area contributed by atoms with Crippen molar-refractivity contribution in [2.75, 3.05) is 12.0 Å². The summed E-state index contributed by atoms with van der Waals surface area (Å²) in [5.74, 6) is 0.256. The molecule has 0 unspecified atom stereocenters. The smallest absolute Gasteiger partial charge is 0.335 e. The Labute approximate surface area is 207 Å². The molecule has 11 heteroatoms. The number of ether oxygens (including phenoxy) is 1. The van der Waals surface area contributed by atoms with Crippen LogP contribution in [0.15, 0.2) is 54.7 Å². The number of aromatic amines is 1. The minimum atomic E-state index is -0.989. The lowest BCUT2D eigenvalue weighted by atomic mass is 10.1. The molecule has 1 amide bonds. The zero-order valence-electron chi connectivity index (χ0n) is 20.1. The van der Waals surface area contributed by atoms with Gasteiger partial charge in [-0.15, -0.1) is 5.10 Å². The number of aromatic carboxylic acids is 1. The number of carboxylic acid groups (broad SMARTS) is 1. The largest absolute Gasteiger partial charge is 0.497 e. The van der Waals surface area contributed by atoms with E-state index in [0.717, 1.165) is 29.8 Å². The van der Waals surface area contributed by atoms with Gasteiger partial charge in [-0.1, -0.05) is 42.7 Å². The van der Waals surface area contributed by atoms with Gasteiger partial charge in [-0.25, -0.2) is 9.78 Å². The first kappa shape index (κ1) is 24.6. The first-order valence-corrected chi connectivity index (χ1v) is 11.5. The van der Waals surface area contributed by atoms with Crippen molar-refractivity contribution in [3.05, 3.63) is 82.9 Å². The monoisotopic (exact) mass is 489 g/mol. The van der Waals surface area contributed by atoms with Gasteiger partial charge in [0.2, 0.25) is 0 Å². The average molecular weight is 490 g/mol. The first-order valence-electron chi connectivity index (χ1n) is 11.5.